The van der Waals surface area contributed by atoms with Gasteiger partial charge < -0.3 is 10.1 Å². The van der Waals surface area contributed by atoms with E-state index in [0.717, 1.165) is 0 Å². The number of amides is 1. The van der Waals surface area contributed by atoms with Crippen LogP contribution < -0.4 is 5.32 Å². The third-order valence-corrected chi connectivity index (χ3v) is 3.01. The van der Waals surface area contributed by atoms with E-state index in [4.69, 9.17) is 4.74 Å². The van der Waals surface area contributed by atoms with Crippen molar-refractivity contribution in [2.75, 3.05) is 6.61 Å². The maximum atomic E-state index is 13.4. The van der Waals surface area contributed by atoms with Gasteiger partial charge in [-0.15, -0.1) is 0 Å². The van der Waals surface area contributed by atoms with Gasteiger partial charge in [0.1, 0.15) is 0 Å². The van der Waals surface area contributed by atoms with Crippen molar-refractivity contribution in [2.45, 2.75) is 45.8 Å². The molecule has 1 amide bonds. The third-order valence-electron chi connectivity index (χ3n) is 3.01. The van der Waals surface area contributed by atoms with Gasteiger partial charge in [0, 0.05) is 25.1 Å². The molecule has 23 heavy (non-hydrogen) atoms. The molecule has 0 heterocycles. The van der Waals surface area contributed by atoms with E-state index < -0.39 is 47.1 Å². The molecule has 1 rings (SSSR count). The summed E-state index contributed by atoms with van der Waals surface area (Å²) >= 11 is 0. The summed E-state index contributed by atoms with van der Waals surface area (Å²) < 4.78 is 70.9. The van der Waals surface area contributed by atoms with E-state index in [1.165, 1.54) is 0 Å². The summed E-state index contributed by atoms with van der Waals surface area (Å²) in [6.45, 7) is 3.45. The van der Waals surface area contributed by atoms with Crippen LogP contribution in [0.15, 0.2) is 0 Å². The predicted molar refractivity (Wildman–Crippen MR) is 73.0 cm³/mol. The summed E-state index contributed by atoms with van der Waals surface area (Å²) in [6.07, 6.45) is 1.25. The van der Waals surface area contributed by atoms with Crippen molar-refractivity contribution in [1.82, 2.24) is 5.32 Å². The van der Waals surface area contributed by atoms with Crippen molar-refractivity contribution in [3.05, 3.63) is 34.6 Å². The molecule has 1 aromatic rings. The molecule has 0 aliphatic carbocycles. The molecule has 130 valence electrons. The highest BCUT2D eigenvalue weighted by molar-refractivity contribution is 5.75. The molecular formula is C15H18F5NO2. The van der Waals surface area contributed by atoms with E-state index in [0.29, 0.717) is 19.4 Å². The lowest BCUT2D eigenvalue weighted by Gasteiger charge is -2.10. The van der Waals surface area contributed by atoms with Crippen LogP contribution >= 0.6 is 0 Å². The lowest BCUT2D eigenvalue weighted by atomic mass is 10.1. The van der Waals surface area contributed by atoms with E-state index >= 15 is 0 Å². The molecular weight excluding hydrogens is 321 g/mol. The van der Waals surface area contributed by atoms with Gasteiger partial charge in [-0.25, -0.2) is 22.0 Å². The monoisotopic (exact) mass is 339 g/mol. The van der Waals surface area contributed by atoms with E-state index in [2.05, 4.69) is 5.32 Å². The van der Waals surface area contributed by atoms with Crippen LogP contribution in [0.3, 0.4) is 0 Å². The minimum Gasteiger partial charge on any atom is -0.379 e. The zero-order chi connectivity index (χ0) is 17.6. The van der Waals surface area contributed by atoms with Crippen LogP contribution in [-0.2, 0) is 16.1 Å². The predicted octanol–water partition coefficient (Wildman–Crippen LogP) is 3.59. The Kier molecular flexibility index (Phi) is 7.41. The van der Waals surface area contributed by atoms with Crippen LogP contribution in [0.2, 0.25) is 0 Å². The van der Waals surface area contributed by atoms with Crippen molar-refractivity contribution in [2.24, 2.45) is 0 Å². The largest absolute Gasteiger partial charge is 0.379 e. The Morgan fingerprint density at radius 2 is 1.48 bits per heavy atom. The van der Waals surface area contributed by atoms with Crippen LogP contribution in [0.25, 0.3) is 0 Å². The summed E-state index contributed by atoms with van der Waals surface area (Å²) in [6, 6.07) is 0. The molecule has 0 fully saturated rings. The fourth-order valence-corrected chi connectivity index (χ4v) is 1.79. The van der Waals surface area contributed by atoms with Crippen LogP contribution in [0.1, 0.15) is 38.7 Å². The van der Waals surface area contributed by atoms with Crippen LogP contribution in [0.5, 0.6) is 0 Å². The highest BCUT2D eigenvalue weighted by Gasteiger charge is 2.25. The van der Waals surface area contributed by atoms with E-state index in [9.17, 15) is 26.7 Å². The van der Waals surface area contributed by atoms with Gasteiger partial charge in [0.05, 0.1) is 6.10 Å². The van der Waals surface area contributed by atoms with Gasteiger partial charge >= 0.3 is 0 Å². The number of hydrogen-bond donors (Lipinski definition) is 1. The van der Waals surface area contributed by atoms with Crippen LogP contribution in [0, 0.1) is 29.1 Å². The fraction of sp³-hybridized carbons (Fsp3) is 0.533. The number of benzene rings is 1. The topological polar surface area (TPSA) is 38.3 Å². The molecule has 8 heteroatoms. The number of hydrogen-bond acceptors (Lipinski definition) is 2. The Morgan fingerprint density at radius 3 is 2.00 bits per heavy atom. The molecule has 0 atom stereocenters. The molecule has 0 unspecified atom stereocenters. The standard InChI is InChI=1S/C15H18F5NO2/c1-8(2)23-6-4-3-5-10(22)21-7-9-11(16)13(18)15(20)14(19)12(9)17/h8H,3-7H2,1-2H3,(H,21,22). The second-order valence-electron chi connectivity index (χ2n) is 5.20. The zero-order valence-electron chi connectivity index (χ0n) is 12.8. The number of halogens is 5. The molecule has 0 aromatic heterocycles. The zero-order valence-corrected chi connectivity index (χ0v) is 12.8. The van der Waals surface area contributed by atoms with E-state index in [-0.39, 0.29) is 12.5 Å². The SMILES string of the molecule is CC(C)OCCCCC(=O)NCc1c(F)c(F)c(F)c(F)c1F. The smallest absolute Gasteiger partial charge is 0.220 e. The molecule has 0 saturated carbocycles. The Morgan fingerprint density at radius 1 is 0.957 bits per heavy atom. The van der Waals surface area contributed by atoms with Gasteiger partial charge in [0.2, 0.25) is 11.7 Å². The first kappa shape index (κ1) is 19.3. The number of nitrogens with one attached hydrogen (secondary N) is 1. The highest BCUT2D eigenvalue weighted by atomic mass is 19.2. The number of ether oxygens (including phenoxy) is 1. The van der Waals surface area contributed by atoms with Gasteiger partial charge in [-0.2, -0.15) is 0 Å². The first-order valence-corrected chi connectivity index (χ1v) is 7.14. The molecule has 3 nitrogen and oxygen atoms in total. The summed E-state index contributed by atoms with van der Waals surface area (Å²) in [5.74, 6) is -10.7. The molecule has 0 aliphatic rings. The summed E-state index contributed by atoms with van der Waals surface area (Å²) in [5, 5.41) is 2.14. The molecule has 0 bridgehead atoms. The van der Waals surface area contributed by atoms with E-state index in [1.54, 1.807) is 0 Å². The average molecular weight is 339 g/mol. The summed E-state index contributed by atoms with van der Waals surface area (Å²) in [7, 11) is 0. The first-order chi connectivity index (χ1) is 10.8. The Balaban J connectivity index is 2.51. The van der Waals surface area contributed by atoms with E-state index in [1.807, 2.05) is 13.8 Å². The summed E-state index contributed by atoms with van der Waals surface area (Å²) in [4.78, 5) is 11.5. The van der Waals surface area contributed by atoms with Crippen LogP contribution in [0.4, 0.5) is 22.0 Å². The van der Waals surface area contributed by atoms with Gasteiger partial charge in [0.15, 0.2) is 23.3 Å². The fourth-order valence-electron chi connectivity index (χ4n) is 1.79. The van der Waals surface area contributed by atoms with Crippen molar-refractivity contribution in [3.63, 3.8) is 0 Å². The highest BCUT2D eigenvalue weighted by Crippen LogP contribution is 2.22. The van der Waals surface area contributed by atoms with Gasteiger partial charge in [-0.05, 0) is 26.7 Å². The third kappa shape index (κ3) is 5.46. The van der Waals surface area contributed by atoms with Gasteiger partial charge in [-0.1, -0.05) is 0 Å². The summed E-state index contributed by atoms with van der Waals surface area (Å²) in [5.41, 5.74) is -1.06. The van der Waals surface area contributed by atoms with Gasteiger partial charge in [0.25, 0.3) is 0 Å². The molecule has 1 N–H and O–H groups in total. The number of rotatable bonds is 8. The lowest BCUT2D eigenvalue weighted by molar-refractivity contribution is -0.121. The Hall–Kier alpha value is -1.70. The quantitative estimate of drug-likeness (QED) is 0.340. The van der Waals surface area contributed by atoms with Crippen molar-refractivity contribution >= 4 is 5.91 Å². The van der Waals surface area contributed by atoms with Gasteiger partial charge in [-0.3, -0.25) is 4.79 Å². The van der Waals surface area contributed by atoms with Crippen LogP contribution in [-0.4, -0.2) is 18.6 Å². The number of carbonyl (C=O) groups is 1. The number of carbonyl (C=O) groups excluding carboxylic acids is 1. The average Bonchev–Trinajstić information content (AvgIpc) is 2.50. The molecule has 0 spiro atoms. The molecule has 0 saturated heterocycles. The number of unbranched alkanes of at least 4 members (excludes halogenated alkanes) is 1. The minimum absolute atomic E-state index is 0.0663. The second-order valence-corrected chi connectivity index (χ2v) is 5.20. The Labute approximate surface area is 130 Å². The van der Waals surface area contributed by atoms with Crippen molar-refractivity contribution in [3.8, 4) is 0 Å². The second kappa shape index (κ2) is 8.81. The minimum atomic E-state index is -2.22. The molecule has 1 aromatic carbocycles. The Bertz CT molecular complexity index is 534. The first-order valence-electron chi connectivity index (χ1n) is 7.14. The van der Waals surface area contributed by atoms with Crippen molar-refractivity contribution < 1.29 is 31.5 Å². The van der Waals surface area contributed by atoms with Crippen molar-refractivity contribution in [1.29, 1.82) is 0 Å². The maximum Gasteiger partial charge on any atom is 0.220 e. The maximum absolute atomic E-state index is 13.4. The molecule has 0 radical (unpaired) electrons. The lowest BCUT2D eigenvalue weighted by Crippen LogP contribution is -2.24. The normalized spacial score (nSPS) is 11.1. The molecule has 0 aliphatic heterocycles.